The largest absolute Gasteiger partial charge is 0.433 e. The van der Waals surface area contributed by atoms with E-state index in [-0.39, 0.29) is 11.9 Å². The van der Waals surface area contributed by atoms with E-state index >= 15 is 0 Å². The predicted octanol–water partition coefficient (Wildman–Crippen LogP) is 6.13. The number of hydrogen-bond acceptors (Lipinski definition) is 5. The van der Waals surface area contributed by atoms with Crippen molar-refractivity contribution in [1.29, 1.82) is 0 Å². The summed E-state index contributed by atoms with van der Waals surface area (Å²) in [6.45, 7) is 1.88. The van der Waals surface area contributed by atoms with Crippen LogP contribution in [0.25, 0.3) is 21.3 Å². The maximum Gasteiger partial charge on any atom is 0.433 e. The molecule has 0 aliphatic carbocycles. The van der Waals surface area contributed by atoms with Gasteiger partial charge in [0.2, 0.25) is 0 Å². The molecule has 0 aliphatic rings. The van der Waals surface area contributed by atoms with Crippen LogP contribution in [0.1, 0.15) is 24.2 Å². The van der Waals surface area contributed by atoms with Gasteiger partial charge in [-0.1, -0.05) is 47.7 Å². The lowest BCUT2D eigenvalue weighted by molar-refractivity contribution is -0.141. The van der Waals surface area contributed by atoms with E-state index in [1.54, 1.807) is 0 Å². The lowest BCUT2D eigenvalue weighted by Crippen LogP contribution is -2.13. The van der Waals surface area contributed by atoms with Crippen LogP contribution in [0.15, 0.2) is 60.7 Å². The average molecular weight is 414 g/mol. The number of thiazole rings is 1. The van der Waals surface area contributed by atoms with E-state index in [4.69, 9.17) is 5.73 Å². The zero-order valence-corrected chi connectivity index (χ0v) is 16.2. The van der Waals surface area contributed by atoms with E-state index in [1.807, 2.05) is 55.5 Å². The Hall–Kier alpha value is -3.13. The summed E-state index contributed by atoms with van der Waals surface area (Å²) in [4.78, 5) is 8.16. The molecule has 0 bridgehead atoms. The Morgan fingerprint density at radius 3 is 2.48 bits per heavy atom. The van der Waals surface area contributed by atoms with E-state index in [9.17, 15) is 13.2 Å². The van der Waals surface area contributed by atoms with Gasteiger partial charge in [0.1, 0.15) is 11.5 Å². The maximum atomic E-state index is 13.3. The molecule has 0 saturated carbocycles. The highest BCUT2D eigenvalue weighted by molar-refractivity contribution is 7.22. The molecule has 0 radical (unpaired) electrons. The molecule has 4 aromatic rings. The number of nitrogens with one attached hydrogen (secondary N) is 1. The molecule has 2 aromatic heterocycles. The number of pyridine rings is 1. The summed E-state index contributed by atoms with van der Waals surface area (Å²) in [5.74, 6) is 0.165. The van der Waals surface area contributed by atoms with Crippen molar-refractivity contribution in [3.63, 3.8) is 0 Å². The van der Waals surface area contributed by atoms with Gasteiger partial charge >= 0.3 is 6.18 Å². The van der Waals surface area contributed by atoms with Gasteiger partial charge in [-0.25, -0.2) is 9.97 Å². The summed E-state index contributed by atoms with van der Waals surface area (Å²) in [5, 5.41) is 3.58. The summed E-state index contributed by atoms with van der Waals surface area (Å²) >= 11 is 1.36. The van der Waals surface area contributed by atoms with Gasteiger partial charge < -0.3 is 11.1 Å². The van der Waals surface area contributed by atoms with Gasteiger partial charge in [0.25, 0.3) is 0 Å². The number of fused-ring (bicyclic) bond motifs is 1. The van der Waals surface area contributed by atoms with Gasteiger partial charge in [-0.15, -0.1) is 0 Å². The van der Waals surface area contributed by atoms with Gasteiger partial charge in [-0.05, 0) is 42.3 Å². The summed E-state index contributed by atoms with van der Waals surface area (Å²) in [5.41, 5.74) is 7.75. The molecule has 4 nitrogen and oxygen atoms in total. The van der Waals surface area contributed by atoms with Gasteiger partial charge in [-0.2, -0.15) is 13.2 Å². The van der Waals surface area contributed by atoms with Crippen LogP contribution in [0, 0.1) is 0 Å². The van der Waals surface area contributed by atoms with Crippen molar-refractivity contribution in [3.8, 4) is 11.1 Å². The number of anilines is 2. The summed E-state index contributed by atoms with van der Waals surface area (Å²) in [6.07, 6.45) is -4.53. The molecule has 4 rings (SSSR count). The zero-order chi connectivity index (χ0) is 20.6. The van der Waals surface area contributed by atoms with Gasteiger partial charge in [0.05, 0.1) is 10.2 Å². The van der Waals surface area contributed by atoms with Crippen molar-refractivity contribution in [2.45, 2.75) is 19.1 Å². The van der Waals surface area contributed by atoms with Crippen LogP contribution in [0.5, 0.6) is 0 Å². The fourth-order valence-corrected chi connectivity index (χ4v) is 3.82. The summed E-state index contributed by atoms with van der Waals surface area (Å²) < 4.78 is 40.7. The first kappa shape index (κ1) is 19.2. The number of aromatic nitrogens is 2. The van der Waals surface area contributed by atoms with Crippen LogP contribution in [0.3, 0.4) is 0 Å². The molecular formula is C21H17F3N4S. The minimum Gasteiger partial charge on any atom is -0.375 e. The first-order chi connectivity index (χ1) is 13.8. The minimum absolute atomic E-state index is 0.165. The van der Waals surface area contributed by atoms with Crippen molar-refractivity contribution in [2.24, 2.45) is 0 Å². The van der Waals surface area contributed by atoms with Crippen molar-refractivity contribution in [3.05, 3.63) is 71.9 Å². The lowest BCUT2D eigenvalue weighted by Gasteiger charge is -2.19. The number of hydrogen-bond donors (Lipinski definition) is 2. The van der Waals surface area contributed by atoms with Crippen molar-refractivity contribution < 1.29 is 13.2 Å². The van der Waals surface area contributed by atoms with E-state index < -0.39 is 11.9 Å². The molecule has 0 amide bonds. The minimum atomic E-state index is -4.53. The third-order valence-electron chi connectivity index (χ3n) is 4.55. The van der Waals surface area contributed by atoms with Crippen LogP contribution in [0.4, 0.5) is 24.1 Å². The topological polar surface area (TPSA) is 63.8 Å². The predicted molar refractivity (Wildman–Crippen MR) is 111 cm³/mol. The molecule has 148 valence electrons. The van der Waals surface area contributed by atoms with E-state index in [0.29, 0.717) is 21.8 Å². The quantitative estimate of drug-likeness (QED) is 0.421. The van der Waals surface area contributed by atoms with Crippen LogP contribution in [0.2, 0.25) is 0 Å². The highest BCUT2D eigenvalue weighted by atomic mass is 32.1. The molecule has 8 heteroatoms. The molecule has 1 atom stereocenters. The molecule has 29 heavy (non-hydrogen) atoms. The van der Waals surface area contributed by atoms with Crippen molar-refractivity contribution in [2.75, 3.05) is 11.1 Å². The number of benzene rings is 2. The number of alkyl halides is 3. The Labute approximate surface area is 169 Å². The molecule has 3 N–H and O–H groups in total. The van der Waals surface area contributed by atoms with Crippen LogP contribution >= 0.6 is 11.3 Å². The molecular weight excluding hydrogens is 397 g/mol. The standard InChI is InChI=1S/C21H17F3N4S/c1-12(13-5-3-2-4-6-13)26-19-15(8-10-18(28-19)21(22,23)24)14-7-9-17-16(11-14)27-20(25)29-17/h2-12H,1H3,(H2,25,27)(H,26,28). The normalized spacial score (nSPS) is 12.8. The third-order valence-corrected chi connectivity index (χ3v) is 5.42. The van der Waals surface area contributed by atoms with E-state index in [2.05, 4.69) is 15.3 Å². The Balaban J connectivity index is 1.79. The number of halogens is 3. The van der Waals surface area contributed by atoms with E-state index in [1.165, 1.54) is 17.4 Å². The molecule has 1 unspecified atom stereocenters. The first-order valence-electron chi connectivity index (χ1n) is 8.87. The Morgan fingerprint density at radius 1 is 1.00 bits per heavy atom. The monoisotopic (exact) mass is 414 g/mol. The molecule has 2 heterocycles. The fourth-order valence-electron chi connectivity index (χ4n) is 3.10. The first-order valence-corrected chi connectivity index (χ1v) is 9.69. The van der Waals surface area contributed by atoms with Gasteiger partial charge in [0.15, 0.2) is 5.13 Å². The average Bonchev–Trinajstić information content (AvgIpc) is 3.07. The molecule has 0 saturated heterocycles. The molecule has 0 aliphatic heterocycles. The summed E-state index contributed by atoms with van der Waals surface area (Å²) in [6, 6.07) is 17.2. The lowest BCUT2D eigenvalue weighted by atomic mass is 10.0. The Bertz CT molecular complexity index is 1160. The van der Waals surface area contributed by atoms with Crippen molar-refractivity contribution >= 4 is 32.5 Å². The molecule has 0 spiro atoms. The second kappa shape index (κ2) is 7.36. The highest BCUT2D eigenvalue weighted by Crippen LogP contribution is 2.36. The van der Waals surface area contributed by atoms with Crippen LogP contribution < -0.4 is 11.1 Å². The Morgan fingerprint density at radius 2 is 1.76 bits per heavy atom. The second-order valence-corrected chi connectivity index (χ2v) is 7.66. The third kappa shape index (κ3) is 4.02. The fraction of sp³-hybridized carbons (Fsp3) is 0.143. The maximum absolute atomic E-state index is 13.3. The number of nitrogens with two attached hydrogens (primary N) is 1. The second-order valence-electron chi connectivity index (χ2n) is 6.60. The summed E-state index contributed by atoms with van der Waals surface area (Å²) in [7, 11) is 0. The SMILES string of the molecule is CC(Nc1nc(C(F)(F)F)ccc1-c1ccc2sc(N)nc2c1)c1ccccc1. The molecule has 0 fully saturated rings. The number of nitrogens with zero attached hydrogens (tertiary/aromatic N) is 2. The smallest absolute Gasteiger partial charge is 0.375 e. The van der Waals surface area contributed by atoms with Crippen LogP contribution in [-0.2, 0) is 6.18 Å². The zero-order valence-electron chi connectivity index (χ0n) is 15.4. The van der Waals surface area contributed by atoms with Crippen molar-refractivity contribution in [1.82, 2.24) is 9.97 Å². The van der Waals surface area contributed by atoms with Crippen LogP contribution in [-0.4, -0.2) is 9.97 Å². The Kier molecular flexibility index (Phi) is 4.87. The highest BCUT2D eigenvalue weighted by Gasteiger charge is 2.33. The van der Waals surface area contributed by atoms with Gasteiger partial charge in [-0.3, -0.25) is 0 Å². The number of nitrogen functional groups attached to an aromatic ring is 1. The van der Waals surface area contributed by atoms with Gasteiger partial charge in [0, 0.05) is 11.6 Å². The number of rotatable bonds is 4. The van der Waals surface area contributed by atoms with E-state index in [0.717, 1.165) is 16.3 Å². The molecule has 2 aromatic carbocycles.